The van der Waals surface area contributed by atoms with Gasteiger partial charge in [0, 0.05) is 17.6 Å². The summed E-state index contributed by atoms with van der Waals surface area (Å²) >= 11 is 0. The predicted octanol–water partition coefficient (Wildman–Crippen LogP) is 2.97. The summed E-state index contributed by atoms with van der Waals surface area (Å²) in [5.41, 5.74) is 1.99. The number of benzene rings is 1. The van der Waals surface area contributed by atoms with Gasteiger partial charge in [0.2, 0.25) is 0 Å². The normalized spacial score (nSPS) is 19.6. The molecular formula is C16H20O3. The van der Waals surface area contributed by atoms with Gasteiger partial charge in [-0.3, -0.25) is 0 Å². The van der Waals surface area contributed by atoms with Crippen LogP contribution in [-0.2, 0) is 10.2 Å². The lowest BCUT2D eigenvalue weighted by Crippen LogP contribution is -2.55. The number of fused-ring (bicyclic) bond motifs is 1. The van der Waals surface area contributed by atoms with Crippen molar-refractivity contribution in [3.8, 4) is 0 Å². The average Bonchev–Trinajstić information content (AvgIpc) is 2.77. The van der Waals surface area contributed by atoms with Gasteiger partial charge in [-0.05, 0) is 17.9 Å². The first kappa shape index (κ1) is 12.7. The highest BCUT2D eigenvalue weighted by atomic mass is 16.5. The van der Waals surface area contributed by atoms with Crippen molar-refractivity contribution in [2.75, 3.05) is 19.8 Å². The van der Waals surface area contributed by atoms with Crippen LogP contribution in [0.2, 0.25) is 0 Å². The third-order valence-corrected chi connectivity index (χ3v) is 4.45. The number of hydrogen-bond donors (Lipinski definition) is 1. The van der Waals surface area contributed by atoms with Crippen molar-refractivity contribution in [2.24, 2.45) is 11.8 Å². The van der Waals surface area contributed by atoms with Crippen LogP contribution in [0.3, 0.4) is 0 Å². The van der Waals surface area contributed by atoms with Gasteiger partial charge in [0.1, 0.15) is 5.58 Å². The van der Waals surface area contributed by atoms with Gasteiger partial charge < -0.3 is 14.3 Å². The molecule has 1 saturated heterocycles. The molecule has 1 aromatic heterocycles. The summed E-state index contributed by atoms with van der Waals surface area (Å²) in [6.45, 7) is 5.83. The van der Waals surface area contributed by atoms with Crippen molar-refractivity contribution in [1.29, 1.82) is 0 Å². The number of furan rings is 1. The Hall–Kier alpha value is -1.32. The summed E-state index contributed by atoms with van der Waals surface area (Å²) in [5.74, 6) is 0.602. The molecule has 1 unspecified atom stereocenters. The van der Waals surface area contributed by atoms with Crippen LogP contribution < -0.4 is 0 Å². The minimum atomic E-state index is -0.102. The fraction of sp³-hybridized carbons (Fsp3) is 0.500. The largest absolute Gasteiger partial charge is 0.464 e. The van der Waals surface area contributed by atoms with E-state index in [1.165, 1.54) is 5.56 Å². The smallest absolute Gasteiger partial charge is 0.134 e. The number of para-hydroxylation sites is 1. The Morgan fingerprint density at radius 2 is 2.00 bits per heavy atom. The van der Waals surface area contributed by atoms with Crippen LogP contribution in [0.1, 0.15) is 19.4 Å². The monoisotopic (exact) mass is 260 g/mol. The fourth-order valence-corrected chi connectivity index (χ4v) is 3.28. The molecule has 1 aliphatic heterocycles. The third kappa shape index (κ3) is 1.80. The molecule has 0 saturated carbocycles. The van der Waals surface area contributed by atoms with E-state index in [1.54, 1.807) is 0 Å². The van der Waals surface area contributed by atoms with Crippen molar-refractivity contribution in [3.63, 3.8) is 0 Å². The van der Waals surface area contributed by atoms with Gasteiger partial charge in [0.05, 0.1) is 24.9 Å². The molecule has 1 N–H and O–H groups in total. The zero-order valence-electron chi connectivity index (χ0n) is 11.4. The molecule has 2 aromatic rings. The summed E-state index contributed by atoms with van der Waals surface area (Å²) in [6, 6.07) is 8.07. The highest BCUT2D eigenvalue weighted by Crippen LogP contribution is 2.45. The topological polar surface area (TPSA) is 42.6 Å². The lowest BCUT2D eigenvalue weighted by molar-refractivity contribution is -0.110. The van der Waals surface area contributed by atoms with Gasteiger partial charge in [-0.1, -0.05) is 32.0 Å². The van der Waals surface area contributed by atoms with Crippen molar-refractivity contribution >= 4 is 11.0 Å². The molecule has 3 rings (SSSR count). The van der Waals surface area contributed by atoms with Crippen LogP contribution in [0.5, 0.6) is 0 Å². The Morgan fingerprint density at radius 1 is 1.26 bits per heavy atom. The minimum Gasteiger partial charge on any atom is -0.464 e. The van der Waals surface area contributed by atoms with Crippen molar-refractivity contribution in [3.05, 3.63) is 36.1 Å². The van der Waals surface area contributed by atoms with Gasteiger partial charge >= 0.3 is 0 Å². The van der Waals surface area contributed by atoms with Gasteiger partial charge in [0.25, 0.3) is 0 Å². The van der Waals surface area contributed by atoms with Crippen LogP contribution in [0.15, 0.2) is 34.9 Å². The van der Waals surface area contributed by atoms with Crippen molar-refractivity contribution in [2.45, 2.75) is 19.3 Å². The summed E-state index contributed by atoms with van der Waals surface area (Å²) in [6.07, 6.45) is 1.85. The van der Waals surface area contributed by atoms with Crippen LogP contribution in [-0.4, -0.2) is 24.9 Å². The van der Waals surface area contributed by atoms with E-state index >= 15 is 0 Å². The maximum atomic E-state index is 9.78. The summed E-state index contributed by atoms with van der Waals surface area (Å²) in [7, 11) is 0. The third-order valence-electron chi connectivity index (χ3n) is 4.45. The van der Waals surface area contributed by atoms with E-state index < -0.39 is 0 Å². The van der Waals surface area contributed by atoms with Crippen LogP contribution in [0, 0.1) is 11.8 Å². The van der Waals surface area contributed by atoms with Crippen molar-refractivity contribution < 1.29 is 14.3 Å². The molecular weight excluding hydrogens is 240 g/mol. The number of aliphatic hydroxyl groups is 1. The molecule has 102 valence electrons. The fourth-order valence-electron chi connectivity index (χ4n) is 3.28. The molecule has 0 spiro atoms. The zero-order chi connectivity index (χ0) is 13.5. The second-order valence-electron chi connectivity index (χ2n) is 5.83. The van der Waals surface area contributed by atoms with Crippen LogP contribution in [0.25, 0.3) is 11.0 Å². The Morgan fingerprint density at radius 3 is 2.58 bits per heavy atom. The van der Waals surface area contributed by atoms with Gasteiger partial charge in [-0.2, -0.15) is 0 Å². The molecule has 3 heteroatoms. The SMILES string of the molecule is CC(C)C(CO)C1(c2coc3ccccc23)COC1. The lowest BCUT2D eigenvalue weighted by atomic mass is 9.65. The van der Waals surface area contributed by atoms with E-state index in [9.17, 15) is 5.11 Å². The van der Waals surface area contributed by atoms with E-state index in [1.807, 2.05) is 24.5 Å². The molecule has 19 heavy (non-hydrogen) atoms. The van der Waals surface area contributed by atoms with E-state index in [0.717, 1.165) is 11.0 Å². The Bertz CT molecular complexity index is 566. The summed E-state index contributed by atoms with van der Waals surface area (Å²) in [4.78, 5) is 0. The quantitative estimate of drug-likeness (QED) is 0.919. The van der Waals surface area contributed by atoms with Gasteiger partial charge in [-0.15, -0.1) is 0 Å². The lowest BCUT2D eigenvalue weighted by Gasteiger charge is -2.48. The first-order valence-electron chi connectivity index (χ1n) is 6.84. The minimum absolute atomic E-state index is 0.102. The van der Waals surface area contributed by atoms with E-state index in [-0.39, 0.29) is 17.9 Å². The highest BCUT2D eigenvalue weighted by molar-refractivity contribution is 5.82. The molecule has 1 aromatic carbocycles. The van der Waals surface area contributed by atoms with E-state index in [2.05, 4.69) is 19.9 Å². The Labute approximate surface area is 113 Å². The van der Waals surface area contributed by atoms with Crippen LogP contribution in [0.4, 0.5) is 0 Å². The van der Waals surface area contributed by atoms with Gasteiger partial charge in [0.15, 0.2) is 0 Å². The second-order valence-corrected chi connectivity index (χ2v) is 5.83. The van der Waals surface area contributed by atoms with E-state index in [0.29, 0.717) is 19.1 Å². The highest BCUT2D eigenvalue weighted by Gasteiger charge is 2.49. The average molecular weight is 260 g/mol. The summed E-state index contributed by atoms with van der Waals surface area (Å²) in [5, 5.41) is 10.9. The molecule has 0 radical (unpaired) electrons. The molecule has 2 heterocycles. The second kappa shape index (κ2) is 4.66. The molecule has 0 aliphatic carbocycles. The van der Waals surface area contributed by atoms with E-state index in [4.69, 9.17) is 9.15 Å². The molecule has 1 fully saturated rings. The number of rotatable bonds is 4. The van der Waals surface area contributed by atoms with Crippen LogP contribution >= 0.6 is 0 Å². The molecule has 1 aliphatic rings. The first-order chi connectivity index (χ1) is 9.19. The van der Waals surface area contributed by atoms with Crippen molar-refractivity contribution in [1.82, 2.24) is 0 Å². The predicted molar refractivity (Wildman–Crippen MR) is 74.1 cm³/mol. The number of aliphatic hydroxyl groups excluding tert-OH is 1. The molecule has 3 nitrogen and oxygen atoms in total. The molecule has 0 bridgehead atoms. The number of ether oxygens (including phenoxy) is 1. The number of hydrogen-bond acceptors (Lipinski definition) is 3. The molecule has 1 atom stereocenters. The molecule has 0 amide bonds. The maximum absolute atomic E-state index is 9.78. The zero-order valence-corrected chi connectivity index (χ0v) is 11.4. The Kier molecular flexibility index (Phi) is 3.11. The maximum Gasteiger partial charge on any atom is 0.134 e. The summed E-state index contributed by atoms with van der Waals surface area (Å²) < 4.78 is 11.2. The standard InChI is InChI=1S/C16H20O3/c1-11(2)13(7-17)16(9-18-10-16)14-8-19-15-6-4-3-5-12(14)15/h3-6,8,11,13,17H,7,9-10H2,1-2H3. The van der Waals surface area contributed by atoms with Gasteiger partial charge in [-0.25, -0.2) is 0 Å². The first-order valence-corrected chi connectivity index (χ1v) is 6.84. The Balaban J connectivity index is 2.11.